The highest BCUT2D eigenvalue weighted by atomic mass is 35.5. The van der Waals surface area contributed by atoms with Gasteiger partial charge in [0.25, 0.3) is 0 Å². The topological polar surface area (TPSA) is 62.2 Å². The van der Waals surface area contributed by atoms with Gasteiger partial charge in [-0.3, -0.25) is 9.78 Å². The smallest absolute Gasteiger partial charge is 0.226 e. The second-order valence-electron chi connectivity index (χ2n) is 9.73. The molecule has 0 bridgehead atoms. The van der Waals surface area contributed by atoms with Crippen molar-refractivity contribution in [1.29, 1.82) is 0 Å². The minimum atomic E-state index is -0.133. The number of nitrogens with one attached hydrogen (secondary N) is 2. The molecule has 1 aromatic carbocycles. The minimum Gasteiger partial charge on any atom is -0.351 e. The first-order valence-corrected chi connectivity index (χ1v) is 12.8. The number of hydrogen-bond donors (Lipinski definition) is 2. The van der Waals surface area contributed by atoms with Gasteiger partial charge < -0.3 is 20.1 Å². The molecular weight excluding hydrogens is 478 g/mol. The molecule has 1 saturated carbocycles. The number of rotatable bonds is 6. The Kier molecular flexibility index (Phi) is 6.32. The highest BCUT2D eigenvalue weighted by Gasteiger charge is 2.43. The van der Waals surface area contributed by atoms with Crippen LogP contribution in [-0.2, 0) is 4.79 Å². The van der Waals surface area contributed by atoms with Gasteiger partial charge in [-0.15, -0.1) is 0 Å². The van der Waals surface area contributed by atoms with E-state index >= 15 is 0 Å². The number of anilines is 2. The minimum absolute atomic E-state index is 0.0707. The summed E-state index contributed by atoms with van der Waals surface area (Å²) in [7, 11) is 0. The molecule has 5 rings (SSSR count). The maximum absolute atomic E-state index is 12.2. The summed E-state index contributed by atoms with van der Waals surface area (Å²) < 4.78 is 2.46. The molecule has 8 heteroatoms. The number of carbonyl (C=O) groups is 1. The van der Waals surface area contributed by atoms with Crippen molar-refractivity contribution in [3.8, 4) is 0 Å². The third-order valence-electron chi connectivity index (χ3n) is 6.87. The van der Waals surface area contributed by atoms with Crippen molar-refractivity contribution in [2.75, 3.05) is 10.2 Å². The van der Waals surface area contributed by atoms with Gasteiger partial charge in [-0.2, -0.15) is 0 Å². The van der Waals surface area contributed by atoms with E-state index in [1.54, 1.807) is 0 Å². The van der Waals surface area contributed by atoms with Crippen LogP contribution in [0.4, 0.5) is 11.4 Å². The Hall–Kier alpha value is -2.90. The summed E-state index contributed by atoms with van der Waals surface area (Å²) in [5.41, 5.74) is 6.16. The van der Waals surface area contributed by atoms with E-state index in [1.807, 2.05) is 56.4 Å². The number of pyridine rings is 1. The van der Waals surface area contributed by atoms with Crippen LogP contribution in [0.3, 0.4) is 0 Å². The van der Waals surface area contributed by atoms with Crippen molar-refractivity contribution in [3.63, 3.8) is 0 Å². The van der Waals surface area contributed by atoms with Gasteiger partial charge in [-0.25, -0.2) is 0 Å². The number of nitrogens with zero attached hydrogens (tertiary/aromatic N) is 3. The number of amides is 1. The van der Waals surface area contributed by atoms with Crippen LogP contribution >= 0.6 is 23.8 Å². The molecule has 1 aliphatic heterocycles. The predicted molar refractivity (Wildman–Crippen MR) is 145 cm³/mol. The largest absolute Gasteiger partial charge is 0.351 e. The number of benzene rings is 1. The standard InChI is InChI=1S/C27H30ClN5OS/c1-15(2)26(34)30-22-11-10-19(14-21(22)28)33-25(20-13-16(3)32(17(20)4)18-8-9-18)24(31-27(33)35)23-7-5-6-12-29-23/h5-7,10-15,18,24-25H,8-9H2,1-4H3,(H,30,34)(H,31,35). The van der Waals surface area contributed by atoms with Crippen LogP contribution in [-0.4, -0.2) is 20.6 Å². The van der Waals surface area contributed by atoms with E-state index in [4.69, 9.17) is 23.8 Å². The SMILES string of the molecule is Cc1cc(C2C(c3ccccn3)NC(=S)N2c2ccc(NC(=O)C(C)C)c(Cl)c2)c(C)n1C1CC1. The molecule has 35 heavy (non-hydrogen) atoms. The summed E-state index contributed by atoms with van der Waals surface area (Å²) in [4.78, 5) is 19.0. The average Bonchev–Trinajstić information content (AvgIpc) is 3.54. The van der Waals surface area contributed by atoms with Crippen molar-refractivity contribution in [3.05, 3.63) is 76.3 Å². The number of aryl methyl sites for hydroxylation is 1. The zero-order valence-corrected chi connectivity index (χ0v) is 22.0. The first kappa shape index (κ1) is 23.8. The predicted octanol–water partition coefficient (Wildman–Crippen LogP) is 6.26. The van der Waals surface area contributed by atoms with Gasteiger partial charge >= 0.3 is 0 Å². The zero-order valence-electron chi connectivity index (χ0n) is 20.4. The maximum Gasteiger partial charge on any atom is 0.226 e. The third kappa shape index (κ3) is 4.43. The van der Waals surface area contributed by atoms with Crippen LogP contribution in [0.1, 0.15) is 67.5 Å². The lowest BCUT2D eigenvalue weighted by Gasteiger charge is -2.28. The van der Waals surface area contributed by atoms with Gasteiger partial charge in [-0.1, -0.05) is 31.5 Å². The molecule has 2 unspecified atom stereocenters. The van der Waals surface area contributed by atoms with E-state index in [1.165, 1.54) is 29.8 Å². The van der Waals surface area contributed by atoms with Crippen LogP contribution < -0.4 is 15.5 Å². The van der Waals surface area contributed by atoms with Crippen LogP contribution in [0.5, 0.6) is 0 Å². The van der Waals surface area contributed by atoms with Gasteiger partial charge in [0, 0.05) is 35.2 Å². The molecule has 182 valence electrons. The summed E-state index contributed by atoms with van der Waals surface area (Å²) >= 11 is 12.5. The number of halogens is 1. The number of carbonyl (C=O) groups excluding carboxylic acids is 1. The molecule has 2 aliphatic rings. The monoisotopic (exact) mass is 507 g/mol. The molecule has 2 aromatic heterocycles. The molecule has 2 N–H and O–H groups in total. The summed E-state index contributed by atoms with van der Waals surface area (Å²) in [5.74, 6) is -0.204. The second kappa shape index (κ2) is 9.28. The molecule has 1 aliphatic carbocycles. The Balaban J connectivity index is 1.58. The molecule has 0 radical (unpaired) electrons. The Labute approximate surface area is 216 Å². The summed E-state index contributed by atoms with van der Waals surface area (Å²) in [6.45, 7) is 8.09. The summed E-state index contributed by atoms with van der Waals surface area (Å²) in [6, 6.07) is 14.3. The van der Waals surface area contributed by atoms with Gasteiger partial charge in [0.1, 0.15) is 0 Å². The van der Waals surface area contributed by atoms with Crippen molar-refractivity contribution in [2.45, 2.75) is 58.7 Å². The fourth-order valence-corrected chi connectivity index (χ4v) is 5.55. The van der Waals surface area contributed by atoms with Gasteiger partial charge in [0.05, 0.1) is 28.5 Å². The lowest BCUT2D eigenvalue weighted by atomic mass is 9.96. The van der Waals surface area contributed by atoms with Crippen LogP contribution in [0.2, 0.25) is 5.02 Å². The van der Waals surface area contributed by atoms with E-state index in [0.717, 1.165) is 11.4 Å². The van der Waals surface area contributed by atoms with Crippen molar-refractivity contribution < 1.29 is 4.79 Å². The third-order valence-corrected chi connectivity index (χ3v) is 7.49. The number of hydrogen-bond acceptors (Lipinski definition) is 3. The lowest BCUT2D eigenvalue weighted by Crippen LogP contribution is -2.29. The summed E-state index contributed by atoms with van der Waals surface area (Å²) in [5, 5.41) is 7.52. The molecule has 3 aromatic rings. The highest BCUT2D eigenvalue weighted by molar-refractivity contribution is 7.80. The fraction of sp³-hybridized carbons (Fsp3) is 0.370. The first-order valence-electron chi connectivity index (χ1n) is 12.1. The Morgan fingerprint density at radius 1 is 1.20 bits per heavy atom. The van der Waals surface area contributed by atoms with E-state index in [2.05, 4.69) is 45.0 Å². The molecule has 1 amide bonds. The second-order valence-corrected chi connectivity index (χ2v) is 10.5. The van der Waals surface area contributed by atoms with Gasteiger partial charge in [0.15, 0.2) is 5.11 Å². The zero-order chi connectivity index (χ0) is 24.9. The van der Waals surface area contributed by atoms with Crippen molar-refractivity contribution in [2.24, 2.45) is 5.92 Å². The fourth-order valence-electron chi connectivity index (χ4n) is 4.98. The molecule has 2 atom stereocenters. The van der Waals surface area contributed by atoms with E-state index in [0.29, 0.717) is 21.9 Å². The normalized spacial score (nSPS) is 19.8. The van der Waals surface area contributed by atoms with E-state index in [-0.39, 0.29) is 23.9 Å². The van der Waals surface area contributed by atoms with Crippen molar-refractivity contribution in [1.82, 2.24) is 14.9 Å². The van der Waals surface area contributed by atoms with Gasteiger partial charge in [-0.05, 0) is 80.9 Å². The van der Waals surface area contributed by atoms with Crippen LogP contribution in [0.25, 0.3) is 0 Å². The Bertz CT molecular complexity index is 1280. The highest BCUT2D eigenvalue weighted by Crippen LogP contribution is 2.46. The van der Waals surface area contributed by atoms with Crippen LogP contribution in [0, 0.1) is 19.8 Å². The van der Waals surface area contributed by atoms with E-state index < -0.39 is 0 Å². The molecule has 0 spiro atoms. The first-order chi connectivity index (χ1) is 16.8. The van der Waals surface area contributed by atoms with Gasteiger partial charge in [0.2, 0.25) is 5.91 Å². The molecule has 2 fully saturated rings. The number of thiocarbonyl (C=S) groups is 1. The number of aromatic nitrogens is 2. The van der Waals surface area contributed by atoms with E-state index in [9.17, 15) is 4.79 Å². The Morgan fingerprint density at radius 3 is 2.60 bits per heavy atom. The summed E-state index contributed by atoms with van der Waals surface area (Å²) in [6.07, 6.45) is 4.27. The van der Waals surface area contributed by atoms with Crippen LogP contribution in [0.15, 0.2) is 48.7 Å². The van der Waals surface area contributed by atoms with Crippen molar-refractivity contribution >= 4 is 46.2 Å². The Morgan fingerprint density at radius 2 is 1.97 bits per heavy atom. The average molecular weight is 508 g/mol. The molecule has 3 heterocycles. The quantitative estimate of drug-likeness (QED) is 0.385. The lowest BCUT2D eigenvalue weighted by molar-refractivity contribution is -0.118. The maximum atomic E-state index is 12.2. The molecule has 1 saturated heterocycles. The molecule has 6 nitrogen and oxygen atoms in total. The molecular formula is C27H30ClN5OS.